The van der Waals surface area contributed by atoms with E-state index in [0.717, 1.165) is 81.4 Å². The topological polar surface area (TPSA) is 372 Å². The second kappa shape index (κ2) is 50.5. The van der Waals surface area contributed by atoms with Crippen molar-refractivity contribution in [2.75, 3.05) is 74.9 Å². The minimum Gasteiger partial charge on any atom is -0.497 e. The number of azide groups is 1. The van der Waals surface area contributed by atoms with Crippen LogP contribution < -0.4 is 28.5 Å². The summed E-state index contributed by atoms with van der Waals surface area (Å²) >= 11 is 0. The van der Waals surface area contributed by atoms with Crippen molar-refractivity contribution in [1.29, 1.82) is 0 Å². The summed E-state index contributed by atoms with van der Waals surface area (Å²) in [6.07, 6.45) is 34.3. The van der Waals surface area contributed by atoms with Crippen molar-refractivity contribution in [2.24, 2.45) is 4.52 Å². The van der Waals surface area contributed by atoms with Crippen molar-refractivity contribution in [2.45, 2.75) is 226 Å². The molecule has 0 atom stereocenters. The van der Waals surface area contributed by atoms with Gasteiger partial charge in [0, 0.05) is 62.3 Å². The first-order valence-corrected chi connectivity index (χ1v) is 47.4. The third kappa shape index (κ3) is 31.0. The number of hydrogen-bond acceptors (Lipinski definition) is 25. The zero-order valence-electron chi connectivity index (χ0n) is 70.4. The van der Waals surface area contributed by atoms with Crippen LogP contribution in [0.2, 0.25) is 25.7 Å². The molecule has 0 bridgehead atoms. The van der Waals surface area contributed by atoms with E-state index in [1.165, 1.54) is 206 Å². The number of hydrogen-bond donors (Lipinski definition) is 0. The summed E-state index contributed by atoms with van der Waals surface area (Å²) in [4.78, 5) is 29.0. The lowest BCUT2D eigenvalue weighted by Crippen LogP contribution is -2.30. The summed E-state index contributed by atoms with van der Waals surface area (Å²) in [6.45, 7) is 23.5. The second-order valence-corrected chi connectivity index (χ2v) is 38.3. The molecule has 0 radical (unpaired) electrons. The Labute approximate surface area is 689 Å². The number of aromatic nitrogens is 16. The van der Waals surface area contributed by atoms with Gasteiger partial charge in [-0.15, -0.1) is 33.7 Å². The number of benzene rings is 5. The quantitative estimate of drug-likeness (QED) is 0.00650. The number of carbonyl (C=O) groups is 1. The van der Waals surface area contributed by atoms with Gasteiger partial charge in [-0.2, -0.15) is 16.8 Å². The van der Waals surface area contributed by atoms with Gasteiger partial charge < -0.3 is 33.3 Å². The molecule has 0 fully saturated rings. The second-order valence-electron chi connectivity index (χ2n) is 29.5. The molecule has 36 heteroatoms. The van der Waals surface area contributed by atoms with E-state index in [1.54, 1.807) is 75.9 Å². The molecule has 0 aliphatic carbocycles. The first kappa shape index (κ1) is 94.0. The first-order valence-electron chi connectivity index (χ1n) is 40.9. The van der Waals surface area contributed by atoms with Gasteiger partial charge in [-0.3, -0.25) is 14.7 Å². The predicted octanol–water partition coefficient (Wildman–Crippen LogP) is 17.1. The third-order valence-electron chi connectivity index (χ3n) is 19.3. The van der Waals surface area contributed by atoms with Gasteiger partial charge in [0.15, 0.2) is 0 Å². The fourth-order valence-electron chi connectivity index (χ4n) is 12.5. The molecule has 11 aromatic rings. The average molecular weight is 1670 g/mol. The summed E-state index contributed by atoms with van der Waals surface area (Å²) in [7, 11) is -1.37. The normalized spacial score (nSPS) is 11.5. The highest BCUT2D eigenvalue weighted by Crippen LogP contribution is 2.26. The molecule has 117 heavy (non-hydrogen) atoms. The number of unbranched alkanes of at least 4 members (excludes halogenated alkanes) is 20. The van der Waals surface area contributed by atoms with Crippen molar-refractivity contribution in [3.63, 3.8) is 0 Å². The molecule has 0 N–H and O–H groups in total. The van der Waals surface area contributed by atoms with E-state index in [0.29, 0.717) is 55.5 Å². The summed E-state index contributed by atoms with van der Waals surface area (Å²) in [5.74, 6) is 3.32. The lowest BCUT2D eigenvalue weighted by atomic mass is 10.1. The summed E-state index contributed by atoms with van der Waals surface area (Å²) < 4.78 is 87.1. The number of nitrogens with zero attached hydrogens (tertiary/aromatic N) is 21. The highest BCUT2D eigenvalue weighted by Gasteiger charge is 2.24. The van der Waals surface area contributed by atoms with Gasteiger partial charge >= 0.3 is 16.4 Å². The Kier molecular flexibility index (Phi) is 40.6. The van der Waals surface area contributed by atoms with Crippen LogP contribution in [0.4, 0.5) is 4.79 Å². The monoisotopic (exact) mass is 1670 g/mol. The van der Waals surface area contributed by atoms with Crippen molar-refractivity contribution in [1.82, 2.24) is 88.7 Å². The Hall–Kier alpha value is -10.1. The molecule has 6 aromatic heterocycles. The molecule has 0 unspecified atom stereocenters. The Morgan fingerprint density at radius 2 is 0.829 bits per heavy atom. The van der Waals surface area contributed by atoms with Crippen LogP contribution in [0.5, 0.6) is 28.7 Å². The van der Waals surface area contributed by atoms with Crippen LogP contribution >= 0.6 is 0 Å². The largest absolute Gasteiger partial charge is 0.535 e. The van der Waals surface area contributed by atoms with E-state index in [1.807, 2.05) is 45.8 Å². The van der Waals surface area contributed by atoms with Crippen LogP contribution in [0, 0.1) is 0 Å². The maximum Gasteiger partial charge on any atom is 0.535 e. The van der Waals surface area contributed by atoms with Gasteiger partial charge in [-0.1, -0.05) is 201 Å². The number of rotatable bonds is 46. The Morgan fingerprint density at radius 1 is 0.453 bits per heavy atom. The minimum atomic E-state index is -4.22. The van der Waals surface area contributed by atoms with E-state index >= 15 is 0 Å². The zero-order chi connectivity index (χ0) is 84.3. The van der Waals surface area contributed by atoms with Crippen LogP contribution in [0.3, 0.4) is 0 Å². The zero-order valence-corrected chi connectivity index (χ0v) is 73.0. The summed E-state index contributed by atoms with van der Waals surface area (Å²) in [6, 6.07) is 30.5. The van der Waals surface area contributed by atoms with E-state index in [-0.39, 0.29) is 10.4 Å². The van der Waals surface area contributed by atoms with Crippen LogP contribution in [0.1, 0.15) is 182 Å². The molecular weight excluding hydrogens is 1550 g/mol. The number of carbonyl (C=O) groups excluding carboxylic acids is 1. The summed E-state index contributed by atoms with van der Waals surface area (Å²) in [5, 5.41) is 39.7. The number of ether oxygens (including phenoxy) is 6. The van der Waals surface area contributed by atoms with Crippen molar-refractivity contribution in [3.8, 4) is 28.7 Å². The molecule has 6 heterocycles. The molecule has 638 valence electrons. The maximum absolute atomic E-state index is 12.5. The predicted molar refractivity (Wildman–Crippen MR) is 458 cm³/mol. The highest BCUT2D eigenvalue weighted by atomic mass is 32.2. The standard InChI is InChI=1S/C25H44N4O.C24H42N4O.C13H19N3O4Si.C12H10N4O3S.C7H6N6O3S/c1-4-6-8-10-12-14-18-28(19-15-13-11-9-7-5-2)20-21-29-25-22-23(30-3)16-17-24(25)26-27-29;1-4-6-8-10-12-14-18-27(19-15-13-11-9-7-5-2)21-28-24-20-22(29-3)16-17-23(24)25-26-28;1-18-10-5-6-11-12(9-10)16(15-14-11)20-13(17)19-7-8-21(2,3)4;1-19-9-4-5-11-12(7-9)16(15-14-11)20(17,18)10-3-2-6-13-8-10;1-16-5-2-3-6-7(4-5)13(11-9-6)17(14,15)12-10-8/h16-17,22H,4-15,18-21H2,1-3H3;16-17,20H,4-15,18-19,21H2,1-3H3;5-6,9H,7-8H2,1-4H3;2-8H,1H3;2-4H,1H3. The van der Waals surface area contributed by atoms with Gasteiger partial charge in [0.2, 0.25) is 0 Å². The fourth-order valence-corrected chi connectivity index (χ4v) is 15.1. The van der Waals surface area contributed by atoms with Crippen molar-refractivity contribution < 1.29 is 54.9 Å². The van der Waals surface area contributed by atoms with Gasteiger partial charge in [0.05, 0.1) is 70.9 Å². The van der Waals surface area contributed by atoms with Crippen molar-refractivity contribution >= 4 is 89.6 Å². The Morgan fingerprint density at radius 3 is 1.26 bits per heavy atom. The molecule has 0 aliphatic heterocycles. The average Bonchev–Trinajstić information content (AvgIpc) is 1.61. The van der Waals surface area contributed by atoms with E-state index in [9.17, 15) is 21.6 Å². The van der Waals surface area contributed by atoms with Crippen LogP contribution in [0.15, 0.2) is 125 Å². The SMILES string of the molecule is CCCCCCCCN(CCCCCCCC)CCn1nnc2ccc(OC)cc21.CCCCCCCCN(CCCCCCCC)Cn1nnc2ccc(OC)cc21.COc1ccc2nnn(OC(=O)OCC[Si](C)(C)C)c2c1.COc1ccc2nnn(S(=O)(=O)N=[N+]=[N-])c2c1.COc1ccc2nnn(S(=O)(=O)c3cccnc3)c2c1. The van der Waals surface area contributed by atoms with Crippen LogP contribution in [0.25, 0.3) is 65.6 Å². The molecule has 33 nitrogen and oxygen atoms in total. The number of pyridine rings is 1. The van der Waals surface area contributed by atoms with Crippen LogP contribution in [-0.2, 0) is 38.2 Å². The molecule has 0 amide bonds. The number of fused-ring (bicyclic) bond motifs is 5. The van der Waals surface area contributed by atoms with E-state index < -0.39 is 34.5 Å². The third-order valence-corrected chi connectivity index (χ3v) is 23.6. The highest BCUT2D eigenvalue weighted by molar-refractivity contribution is 7.90. The fraction of sp³-hybridized carbons (Fsp3) is 0.556. The van der Waals surface area contributed by atoms with Gasteiger partial charge in [0.1, 0.15) is 77.8 Å². The molecule has 0 saturated heterocycles. The number of methoxy groups -OCH3 is 5. The Balaban J connectivity index is 0.000000205. The van der Waals surface area contributed by atoms with Crippen LogP contribution in [-0.4, -0.2) is 195 Å². The van der Waals surface area contributed by atoms with E-state index in [2.05, 4.69) is 123 Å². The van der Waals surface area contributed by atoms with Crippen molar-refractivity contribution in [3.05, 3.63) is 126 Å². The first-order chi connectivity index (χ1) is 56.7. The molecule has 5 aromatic carbocycles. The van der Waals surface area contributed by atoms with Gasteiger partial charge in [-0.05, 0) is 141 Å². The summed E-state index contributed by atoms with van der Waals surface area (Å²) in [5.41, 5.74) is 14.7. The van der Waals surface area contributed by atoms with Gasteiger partial charge in [0.25, 0.3) is 10.0 Å². The molecule has 0 spiro atoms. The minimum absolute atomic E-state index is 0.0506. The molecular formula is C81H121N21O12S2Si. The Bertz CT molecular complexity index is 4980. The van der Waals surface area contributed by atoms with E-state index in [4.69, 9.17) is 38.8 Å². The molecule has 0 aliphatic rings. The lowest BCUT2D eigenvalue weighted by molar-refractivity contribution is 0.0425. The molecule has 0 saturated carbocycles. The smallest absolute Gasteiger partial charge is 0.497 e. The lowest BCUT2D eigenvalue weighted by Gasteiger charge is -2.22. The maximum atomic E-state index is 12.5. The van der Waals surface area contributed by atoms with Gasteiger partial charge in [-0.25, -0.2) is 14.2 Å². The molecule has 11 rings (SSSR count).